The summed E-state index contributed by atoms with van der Waals surface area (Å²) in [6.07, 6.45) is -15.4. The van der Waals surface area contributed by atoms with Gasteiger partial charge >= 0.3 is 65.6 Å². The molecule has 2 nitrogen and oxygen atoms in total. The smallest absolute Gasteiger partial charge is 0.471 e. The molecule has 1 aromatic carbocycles. The maximum atomic E-state index is 13.8. The van der Waals surface area contributed by atoms with Crippen LogP contribution in [0.1, 0.15) is 0 Å². The number of phenolic OH excluding ortho intramolecular Hbond substituents is 1. The van der Waals surface area contributed by atoms with Crippen LogP contribution in [0, 0.1) is 0 Å². The summed E-state index contributed by atoms with van der Waals surface area (Å²) in [6, 6.07) is 0.368. The maximum absolute atomic E-state index is 13.8. The molecule has 0 saturated heterocycles. The average molecular weight is 678 g/mol. The number of ether oxygens (including phenoxy) is 1. The number of benzene rings is 1. The van der Waals surface area contributed by atoms with Gasteiger partial charge in [-0.05, 0) is 24.3 Å². The number of rotatable bonds is 11. The molecule has 0 saturated carbocycles. The van der Waals surface area contributed by atoms with E-state index in [0.717, 1.165) is 0 Å². The summed E-state index contributed by atoms with van der Waals surface area (Å²) in [4.78, 5) is 0. The highest BCUT2D eigenvalue weighted by Gasteiger charge is 2.99. The van der Waals surface area contributed by atoms with Crippen molar-refractivity contribution in [1.29, 1.82) is 0 Å². The molecule has 246 valence electrons. The molecule has 1 aromatic rings. The van der Waals surface area contributed by atoms with E-state index in [-0.39, 0.29) is 24.3 Å². The van der Waals surface area contributed by atoms with Gasteiger partial charge in [0.15, 0.2) is 0 Å². The third kappa shape index (κ3) is 4.67. The zero-order valence-electron chi connectivity index (χ0n) is 18.4. The van der Waals surface area contributed by atoms with E-state index < -0.39 is 77.1 Å². The van der Waals surface area contributed by atoms with Gasteiger partial charge in [-0.2, -0.15) is 101 Å². The molecule has 0 atom stereocenters. The van der Waals surface area contributed by atoms with Crippen molar-refractivity contribution in [3.05, 3.63) is 24.3 Å². The highest BCUT2D eigenvalue weighted by molar-refractivity contribution is 5.30. The highest BCUT2D eigenvalue weighted by Crippen LogP contribution is 2.67. The van der Waals surface area contributed by atoms with Crippen LogP contribution in [0.4, 0.5) is 101 Å². The summed E-state index contributed by atoms with van der Waals surface area (Å²) >= 11 is 0. The molecule has 0 heterocycles. The zero-order chi connectivity index (χ0) is 34.2. The van der Waals surface area contributed by atoms with Gasteiger partial charge in [0, 0.05) is 0 Å². The highest BCUT2D eigenvalue weighted by atomic mass is 19.4. The van der Waals surface area contributed by atoms with Gasteiger partial charge in [-0.25, -0.2) is 0 Å². The fourth-order valence-electron chi connectivity index (χ4n) is 2.47. The normalized spacial score (nSPS) is 16.1. The first-order valence-electron chi connectivity index (χ1n) is 9.30. The Kier molecular flexibility index (Phi) is 8.52. The molecular weight excluding hydrogens is 673 g/mol. The van der Waals surface area contributed by atoms with Gasteiger partial charge in [0.1, 0.15) is 11.5 Å². The summed E-state index contributed by atoms with van der Waals surface area (Å²) in [5.41, 5.74) is 0. The summed E-state index contributed by atoms with van der Waals surface area (Å²) in [5.74, 6) is -84.3. The molecule has 1 rings (SSSR count). The Labute approximate surface area is 213 Å². The van der Waals surface area contributed by atoms with E-state index in [1.807, 2.05) is 0 Å². The van der Waals surface area contributed by atoms with Crippen LogP contribution in [0.5, 0.6) is 11.5 Å². The van der Waals surface area contributed by atoms with Gasteiger partial charge in [-0.1, -0.05) is 0 Å². The van der Waals surface area contributed by atoms with E-state index in [4.69, 9.17) is 5.11 Å². The van der Waals surface area contributed by atoms with Crippen LogP contribution in [-0.4, -0.2) is 70.7 Å². The van der Waals surface area contributed by atoms with Gasteiger partial charge in [-0.3, -0.25) is 0 Å². The minimum atomic E-state index is -9.45. The van der Waals surface area contributed by atoms with Gasteiger partial charge in [-0.15, -0.1) is 0 Å². The molecular formula is C17H5F23O2. The Balaban J connectivity index is 3.77. The summed E-state index contributed by atoms with van der Waals surface area (Å²) in [7, 11) is 0. The predicted molar refractivity (Wildman–Crippen MR) is 84.3 cm³/mol. The van der Waals surface area contributed by atoms with Crippen molar-refractivity contribution < 1.29 is 111 Å². The Bertz CT molecular complexity index is 1120. The van der Waals surface area contributed by atoms with Gasteiger partial charge < -0.3 is 9.84 Å². The lowest BCUT2D eigenvalue weighted by molar-refractivity contribution is -0.483. The molecule has 0 fully saturated rings. The monoisotopic (exact) mass is 678 g/mol. The Morgan fingerprint density at radius 1 is 0.357 bits per heavy atom. The average Bonchev–Trinajstić information content (AvgIpc) is 2.78. The SMILES string of the molecule is Oc1ccc(OC(F)(F)C(F)(F)C(F)(F)C(F)(F)C(F)(F)C(F)(F)C(F)(F)C(F)(F)C(F)(F)C(F)(F)C(F)(F)F)cc1. The van der Waals surface area contributed by atoms with E-state index >= 15 is 0 Å². The van der Waals surface area contributed by atoms with Crippen LogP contribution in [0.15, 0.2) is 24.3 Å². The minimum absolute atomic E-state index is 0.0437. The number of halogens is 23. The van der Waals surface area contributed by atoms with E-state index in [1.165, 1.54) is 0 Å². The van der Waals surface area contributed by atoms with Crippen molar-refractivity contribution in [2.45, 2.75) is 65.6 Å². The zero-order valence-corrected chi connectivity index (χ0v) is 18.4. The van der Waals surface area contributed by atoms with E-state index in [1.54, 1.807) is 0 Å². The Morgan fingerprint density at radius 3 is 0.857 bits per heavy atom. The second kappa shape index (κ2) is 9.61. The molecule has 0 aliphatic carbocycles. The lowest BCUT2D eigenvalue weighted by Gasteiger charge is -2.45. The summed E-state index contributed by atoms with van der Waals surface area (Å²) < 4.78 is 309. The molecule has 42 heavy (non-hydrogen) atoms. The number of phenols is 1. The van der Waals surface area contributed by atoms with Crippen LogP contribution >= 0.6 is 0 Å². The molecule has 0 radical (unpaired) electrons. The minimum Gasteiger partial charge on any atom is -0.508 e. The van der Waals surface area contributed by atoms with Gasteiger partial charge in [0.25, 0.3) is 0 Å². The third-order valence-corrected chi connectivity index (χ3v) is 4.96. The van der Waals surface area contributed by atoms with Crippen molar-refractivity contribution in [2.24, 2.45) is 0 Å². The molecule has 0 aliphatic heterocycles. The van der Waals surface area contributed by atoms with Crippen molar-refractivity contribution in [3.63, 3.8) is 0 Å². The van der Waals surface area contributed by atoms with Crippen LogP contribution in [0.2, 0.25) is 0 Å². The van der Waals surface area contributed by atoms with Crippen molar-refractivity contribution in [3.8, 4) is 11.5 Å². The number of aromatic hydroxyl groups is 1. The second-order valence-electron chi connectivity index (χ2n) is 7.78. The topological polar surface area (TPSA) is 29.5 Å². The first kappa shape index (κ1) is 37.2. The first-order valence-corrected chi connectivity index (χ1v) is 9.30. The van der Waals surface area contributed by atoms with Crippen molar-refractivity contribution >= 4 is 0 Å². The van der Waals surface area contributed by atoms with Crippen LogP contribution in [0.25, 0.3) is 0 Å². The standard InChI is InChI=1S/C17H5F23O2/c18-7(19,8(20,21)10(24,25)12(28,29)14(32,33)16(36,37)38)9(22,23)11(26,27)13(30,31)15(34,35)17(39,40)42-6-3-1-5(41)2-4-6/h1-4,41H. The molecule has 0 aliphatic rings. The van der Waals surface area contributed by atoms with Crippen molar-refractivity contribution in [2.75, 3.05) is 0 Å². The predicted octanol–water partition coefficient (Wildman–Crippen LogP) is 8.64. The lowest BCUT2D eigenvalue weighted by Crippen LogP contribution is -2.77. The van der Waals surface area contributed by atoms with E-state index in [2.05, 4.69) is 4.74 Å². The quantitative estimate of drug-likeness (QED) is 0.238. The number of hydrogen-bond acceptors (Lipinski definition) is 2. The molecule has 25 heteroatoms. The third-order valence-electron chi connectivity index (χ3n) is 4.96. The molecule has 1 N–H and O–H groups in total. The fraction of sp³-hybridized carbons (Fsp3) is 0.647. The molecule has 0 unspecified atom stereocenters. The van der Waals surface area contributed by atoms with E-state index in [9.17, 15) is 101 Å². The molecule has 0 bridgehead atoms. The van der Waals surface area contributed by atoms with Gasteiger partial charge in [0.2, 0.25) is 0 Å². The largest absolute Gasteiger partial charge is 0.508 e. The number of hydrogen-bond donors (Lipinski definition) is 1. The Morgan fingerprint density at radius 2 is 0.595 bits per heavy atom. The molecule has 0 spiro atoms. The van der Waals surface area contributed by atoms with Crippen molar-refractivity contribution in [1.82, 2.24) is 0 Å². The first-order chi connectivity index (χ1) is 18.0. The fourth-order valence-corrected chi connectivity index (χ4v) is 2.47. The second-order valence-corrected chi connectivity index (χ2v) is 7.78. The summed E-state index contributed by atoms with van der Waals surface area (Å²) in [5, 5.41) is 8.85. The lowest BCUT2D eigenvalue weighted by atomic mass is 9.86. The van der Waals surface area contributed by atoms with Gasteiger partial charge in [0.05, 0.1) is 0 Å². The Hall–Kier alpha value is -2.79. The van der Waals surface area contributed by atoms with Crippen LogP contribution in [0.3, 0.4) is 0 Å². The number of alkyl halides is 23. The van der Waals surface area contributed by atoms with E-state index in [0.29, 0.717) is 0 Å². The summed E-state index contributed by atoms with van der Waals surface area (Å²) in [6.45, 7) is 0. The van der Waals surface area contributed by atoms with Crippen LogP contribution in [-0.2, 0) is 0 Å². The molecule has 0 amide bonds. The molecule has 0 aromatic heterocycles. The van der Waals surface area contributed by atoms with Crippen LogP contribution < -0.4 is 4.74 Å². The maximum Gasteiger partial charge on any atom is 0.471 e.